The van der Waals surface area contributed by atoms with Crippen LogP contribution in [-0.4, -0.2) is 40.1 Å². The molecular formula is C19H27N5O2S. The van der Waals surface area contributed by atoms with Gasteiger partial charge in [-0.1, -0.05) is 6.92 Å². The number of hydrogen-bond donors (Lipinski definition) is 2. The third-order valence-electron chi connectivity index (χ3n) is 5.20. The van der Waals surface area contributed by atoms with Crippen molar-refractivity contribution in [2.45, 2.75) is 39.7 Å². The number of nitrogens with zero attached hydrogens (tertiary/aromatic N) is 3. The summed E-state index contributed by atoms with van der Waals surface area (Å²) in [4.78, 5) is 27.6. The summed E-state index contributed by atoms with van der Waals surface area (Å²) >= 11 is 1.49. The molecule has 146 valence electrons. The fraction of sp³-hybridized carbons (Fsp3) is 0.526. The highest BCUT2D eigenvalue weighted by Crippen LogP contribution is 2.39. The van der Waals surface area contributed by atoms with Crippen molar-refractivity contribution in [2.75, 3.05) is 18.9 Å². The molecule has 2 amide bonds. The first-order chi connectivity index (χ1) is 12.8. The van der Waals surface area contributed by atoms with E-state index in [0.29, 0.717) is 23.0 Å². The summed E-state index contributed by atoms with van der Waals surface area (Å²) in [5.41, 5.74) is 9.31. The number of likely N-dealkylation sites (N-methyl/N-ethyl adjacent to an activating group) is 1. The van der Waals surface area contributed by atoms with Gasteiger partial charge in [0.15, 0.2) is 0 Å². The lowest BCUT2D eigenvalue weighted by Crippen LogP contribution is -2.30. The van der Waals surface area contributed by atoms with Gasteiger partial charge in [-0.25, -0.2) is 0 Å². The molecule has 2 heterocycles. The zero-order chi connectivity index (χ0) is 19.7. The Hall–Kier alpha value is -2.19. The standard InChI is InChI=1S/C19H27N5O2S/c1-11-5-6-14-15(7-11)27-19(17(14)18(20)26)22-16(25)10-23(3)9-13-8-21-24(4)12(13)2/h8,11H,5-7,9-10H2,1-4H3,(H2,20,26)(H,22,25)/t11-/m1/s1. The van der Waals surface area contributed by atoms with E-state index in [-0.39, 0.29) is 12.5 Å². The maximum atomic E-state index is 12.5. The second-order valence-electron chi connectivity index (χ2n) is 7.52. The van der Waals surface area contributed by atoms with Gasteiger partial charge in [-0.3, -0.25) is 19.2 Å². The molecule has 1 atom stereocenters. The van der Waals surface area contributed by atoms with Crippen molar-refractivity contribution >= 4 is 28.2 Å². The van der Waals surface area contributed by atoms with E-state index in [1.807, 2.05) is 36.8 Å². The molecule has 2 aromatic rings. The van der Waals surface area contributed by atoms with Gasteiger partial charge in [0, 0.05) is 29.7 Å². The third-order valence-corrected chi connectivity index (χ3v) is 6.37. The van der Waals surface area contributed by atoms with Crippen molar-refractivity contribution in [1.29, 1.82) is 0 Å². The monoisotopic (exact) mass is 389 g/mol. The van der Waals surface area contributed by atoms with Crippen LogP contribution in [0.3, 0.4) is 0 Å². The molecule has 0 saturated carbocycles. The molecule has 2 aromatic heterocycles. The topological polar surface area (TPSA) is 93.2 Å². The fourth-order valence-electron chi connectivity index (χ4n) is 3.56. The Morgan fingerprint density at radius 3 is 2.85 bits per heavy atom. The lowest BCUT2D eigenvalue weighted by molar-refractivity contribution is -0.117. The number of rotatable bonds is 6. The van der Waals surface area contributed by atoms with Gasteiger partial charge in [-0.15, -0.1) is 11.3 Å². The summed E-state index contributed by atoms with van der Waals surface area (Å²) in [7, 11) is 3.79. The molecule has 0 saturated heterocycles. The van der Waals surface area contributed by atoms with E-state index in [1.54, 1.807) is 0 Å². The van der Waals surface area contributed by atoms with E-state index in [0.717, 1.165) is 36.1 Å². The molecule has 27 heavy (non-hydrogen) atoms. The van der Waals surface area contributed by atoms with Crippen LogP contribution in [0.5, 0.6) is 0 Å². The number of aryl methyl sites for hydroxylation is 1. The minimum Gasteiger partial charge on any atom is -0.365 e. The van der Waals surface area contributed by atoms with E-state index in [2.05, 4.69) is 17.3 Å². The Balaban J connectivity index is 1.68. The molecule has 0 bridgehead atoms. The highest BCUT2D eigenvalue weighted by atomic mass is 32.1. The van der Waals surface area contributed by atoms with Crippen molar-refractivity contribution < 1.29 is 9.59 Å². The van der Waals surface area contributed by atoms with Crippen LogP contribution in [0.1, 0.15) is 45.4 Å². The van der Waals surface area contributed by atoms with Gasteiger partial charge in [-0.05, 0) is 44.7 Å². The van der Waals surface area contributed by atoms with Crippen molar-refractivity contribution in [2.24, 2.45) is 18.7 Å². The molecular weight excluding hydrogens is 362 g/mol. The minimum atomic E-state index is -0.461. The number of hydrogen-bond acceptors (Lipinski definition) is 5. The first-order valence-corrected chi connectivity index (χ1v) is 9.98. The Morgan fingerprint density at radius 2 is 2.22 bits per heavy atom. The SMILES string of the molecule is Cc1c(CN(C)CC(=O)Nc2sc3c(c2C(N)=O)CC[C@@H](C)C3)cnn1C. The molecule has 1 aliphatic carbocycles. The van der Waals surface area contributed by atoms with Gasteiger partial charge >= 0.3 is 0 Å². The summed E-state index contributed by atoms with van der Waals surface area (Å²) in [6.45, 7) is 5.08. The first kappa shape index (κ1) is 19.6. The fourth-order valence-corrected chi connectivity index (χ4v) is 4.99. The molecule has 7 nitrogen and oxygen atoms in total. The van der Waals surface area contributed by atoms with Crippen LogP contribution in [0.4, 0.5) is 5.00 Å². The van der Waals surface area contributed by atoms with Gasteiger partial charge in [0.2, 0.25) is 5.91 Å². The quantitative estimate of drug-likeness (QED) is 0.791. The van der Waals surface area contributed by atoms with Gasteiger partial charge in [-0.2, -0.15) is 5.10 Å². The summed E-state index contributed by atoms with van der Waals surface area (Å²) in [5, 5.41) is 7.74. The predicted molar refractivity (Wildman–Crippen MR) is 107 cm³/mol. The van der Waals surface area contributed by atoms with Crippen LogP contribution in [0.25, 0.3) is 0 Å². The van der Waals surface area contributed by atoms with Gasteiger partial charge < -0.3 is 11.1 Å². The lowest BCUT2D eigenvalue weighted by atomic mass is 9.88. The van der Waals surface area contributed by atoms with Crippen LogP contribution in [-0.2, 0) is 31.2 Å². The van der Waals surface area contributed by atoms with Crippen molar-refractivity contribution in [3.05, 3.63) is 33.5 Å². The van der Waals surface area contributed by atoms with Gasteiger partial charge in [0.25, 0.3) is 5.91 Å². The summed E-state index contributed by atoms with van der Waals surface area (Å²) in [5.74, 6) is -0.0147. The van der Waals surface area contributed by atoms with E-state index in [4.69, 9.17) is 5.73 Å². The van der Waals surface area contributed by atoms with E-state index in [1.165, 1.54) is 16.2 Å². The zero-order valence-corrected chi connectivity index (χ0v) is 17.2. The predicted octanol–water partition coefficient (Wildman–Crippen LogP) is 2.08. The summed E-state index contributed by atoms with van der Waals surface area (Å²) in [6.07, 6.45) is 4.66. The number of amides is 2. The number of fused-ring (bicyclic) bond motifs is 1. The number of carbonyl (C=O) groups excluding carboxylic acids is 2. The molecule has 0 aromatic carbocycles. The molecule has 0 spiro atoms. The lowest BCUT2D eigenvalue weighted by Gasteiger charge is -2.18. The van der Waals surface area contributed by atoms with E-state index >= 15 is 0 Å². The van der Waals surface area contributed by atoms with Crippen molar-refractivity contribution in [1.82, 2.24) is 14.7 Å². The molecule has 0 unspecified atom stereocenters. The second-order valence-corrected chi connectivity index (χ2v) is 8.62. The smallest absolute Gasteiger partial charge is 0.251 e. The molecule has 1 aliphatic rings. The number of primary amides is 1. The van der Waals surface area contributed by atoms with Crippen LogP contribution >= 0.6 is 11.3 Å². The van der Waals surface area contributed by atoms with Gasteiger partial charge in [0.05, 0.1) is 18.3 Å². The highest BCUT2D eigenvalue weighted by Gasteiger charge is 2.27. The molecule has 0 radical (unpaired) electrons. The number of carbonyl (C=O) groups is 2. The average Bonchev–Trinajstić information content (AvgIpc) is 3.08. The molecule has 3 N–H and O–H groups in total. The molecule has 8 heteroatoms. The maximum absolute atomic E-state index is 12.5. The molecule has 3 rings (SSSR count). The molecule has 0 fully saturated rings. The normalized spacial score (nSPS) is 16.4. The highest BCUT2D eigenvalue weighted by molar-refractivity contribution is 7.17. The summed E-state index contributed by atoms with van der Waals surface area (Å²) < 4.78 is 1.82. The largest absolute Gasteiger partial charge is 0.365 e. The van der Waals surface area contributed by atoms with E-state index < -0.39 is 5.91 Å². The van der Waals surface area contributed by atoms with Crippen LogP contribution in [0.15, 0.2) is 6.20 Å². The zero-order valence-electron chi connectivity index (χ0n) is 16.3. The van der Waals surface area contributed by atoms with Crippen molar-refractivity contribution in [3.8, 4) is 0 Å². The van der Waals surface area contributed by atoms with Crippen LogP contribution < -0.4 is 11.1 Å². The number of anilines is 1. The summed E-state index contributed by atoms with van der Waals surface area (Å²) in [6, 6.07) is 0. The number of nitrogens with one attached hydrogen (secondary N) is 1. The maximum Gasteiger partial charge on any atom is 0.251 e. The number of nitrogens with two attached hydrogens (primary N) is 1. The average molecular weight is 390 g/mol. The van der Waals surface area contributed by atoms with Gasteiger partial charge in [0.1, 0.15) is 5.00 Å². The Morgan fingerprint density at radius 1 is 1.48 bits per heavy atom. The second kappa shape index (κ2) is 7.82. The Bertz CT molecular complexity index is 870. The Labute approximate surface area is 163 Å². The van der Waals surface area contributed by atoms with Crippen LogP contribution in [0.2, 0.25) is 0 Å². The van der Waals surface area contributed by atoms with E-state index in [9.17, 15) is 9.59 Å². The molecule has 0 aliphatic heterocycles. The number of thiophene rings is 1. The van der Waals surface area contributed by atoms with Crippen molar-refractivity contribution in [3.63, 3.8) is 0 Å². The number of aromatic nitrogens is 2. The Kier molecular flexibility index (Phi) is 5.67. The van der Waals surface area contributed by atoms with Crippen LogP contribution in [0, 0.1) is 12.8 Å². The third kappa shape index (κ3) is 4.22. The first-order valence-electron chi connectivity index (χ1n) is 9.16. The minimum absolute atomic E-state index is 0.145.